The van der Waals surface area contributed by atoms with Gasteiger partial charge in [0.15, 0.2) is 0 Å². The van der Waals surface area contributed by atoms with Crippen LogP contribution in [0.1, 0.15) is 19.3 Å². The SMILES string of the molecule is C=CCCCOC(=O)NCC(=O)N1C[C@@H](OC)C[C@H]1C(=O)OC. The van der Waals surface area contributed by atoms with Gasteiger partial charge in [-0.2, -0.15) is 0 Å². The van der Waals surface area contributed by atoms with Crippen molar-refractivity contribution in [3.63, 3.8) is 0 Å². The van der Waals surface area contributed by atoms with Gasteiger partial charge >= 0.3 is 12.1 Å². The van der Waals surface area contributed by atoms with E-state index < -0.39 is 18.1 Å². The lowest BCUT2D eigenvalue weighted by Crippen LogP contribution is -2.46. The Hall–Kier alpha value is -2.09. The molecule has 0 bridgehead atoms. The minimum absolute atomic E-state index is 0.228. The number of ether oxygens (including phenoxy) is 3. The van der Waals surface area contributed by atoms with Gasteiger partial charge in [-0.15, -0.1) is 6.58 Å². The Balaban J connectivity index is 2.44. The highest BCUT2D eigenvalue weighted by atomic mass is 16.5. The van der Waals surface area contributed by atoms with E-state index >= 15 is 0 Å². The van der Waals surface area contributed by atoms with E-state index in [2.05, 4.69) is 11.9 Å². The number of unbranched alkanes of at least 4 members (excludes halogenated alkanes) is 1. The molecule has 130 valence electrons. The molecule has 23 heavy (non-hydrogen) atoms. The van der Waals surface area contributed by atoms with Crippen LogP contribution in [0.5, 0.6) is 0 Å². The van der Waals surface area contributed by atoms with Gasteiger partial charge in [0.05, 0.1) is 19.8 Å². The number of carbonyl (C=O) groups excluding carboxylic acids is 3. The van der Waals surface area contributed by atoms with Crippen molar-refractivity contribution in [1.29, 1.82) is 0 Å². The van der Waals surface area contributed by atoms with E-state index in [0.29, 0.717) is 12.8 Å². The molecule has 1 aliphatic heterocycles. The zero-order valence-corrected chi connectivity index (χ0v) is 13.6. The summed E-state index contributed by atoms with van der Waals surface area (Å²) < 4.78 is 14.8. The molecule has 1 aliphatic rings. The number of allylic oxidation sites excluding steroid dienone is 1. The lowest BCUT2D eigenvalue weighted by molar-refractivity contribution is -0.150. The minimum Gasteiger partial charge on any atom is -0.467 e. The number of likely N-dealkylation sites (tertiary alicyclic amines) is 1. The van der Waals surface area contributed by atoms with Crippen LogP contribution < -0.4 is 5.32 Å². The number of carbonyl (C=O) groups is 3. The maximum atomic E-state index is 12.2. The quantitative estimate of drug-likeness (QED) is 0.395. The molecule has 1 rings (SSSR count). The van der Waals surface area contributed by atoms with Gasteiger partial charge in [-0.3, -0.25) is 4.79 Å². The van der Waals surface area contributed by atoms with Crippen molar-refractivity contribution in [2.75, 3.05) is 33.9 Å². The summed E-state index contributed by atoms with van der Waals surface area (Å²) in [6.07, 6.45) is 2.64. The van der Waals surface area contributed by atoms with Crippen LogP contribution in [0.4, 0.5) is 4.79 Å². The molecule has 0 spiro atoms. The molecule has 0 aromatic heterocycles. The third kappa shape index (κ3) is 5.90. The molecular weight excluding hydrogens is 304 g/mol. The first-order valence-electron chi connectivity index (χ1n) is 7.45. The summed E-state index contributed by atoms with van der Waals surface area (Å²) in [4.78, 5) is 36.8. The standard InChI is InChI=1S/C15H24N2O6/c1-4-5-6-7-23-15(20)16-9-13(18)17-10-11(21-2)8-12(17)14(19)22-3/h4,11-12H,1,5-10H2,2-3H3,(H,16,20)/t11-,12-/m0/s1. The van der Waals surface area contributed by atoms with Crippen molar-refractivity contribution in [3.8, 4) is 0 Å². The molecule has 0 aromatic carbocycles. The molecule has 1 N–H and O–H groups in total. The Morgan fingerprint density at radius 3 is 2.70 bits per heavy atom. The number of nitrogens with zero attached hydrogens (tertiary/aromatic N) is 1. The van der Waals surface area contributed by atoms with Gasteiger partial charge in [0.2, 0.25) is 5.91 Å². The van der Waals surface area contributed by atoms with E-state index in [1.54, 1.807) is 6.08 Å². The number of esters is 1. The van der Waals surface area contributed by atoms with Gasteiger partial charge in [0, 0.05) is 20.1 Å². The van der Waals surface area contributed by atoms with Crippen LogP contribution >= 0.6 is 0 Å². The minimum atomic E-state index is -0.692. The van der Waals surface area contributed by atoms with Crippen molar-refractivity contribution < 1.29 is 28.6 Å². The molecule has 0 aliphatic carbocycles. The Labute approximate surface area is 135 Å². The summed E-state index contributed by atoms with van der Waals surface area (Å²) in [6, 6.07) is -0.692. The van der Waals surface area contributed by atoms with Gasteiger partial charge in [0.25, 0.3) is 0 Å². The predicted molar refractivity (Wildman–Crippen MR) is 81.7 cm³/mol. The molecule has 1 saturated heterocycles. The first-order chi connectivity index (χ1) is 11.0. The summed E-state index contributed by atoms with van der Waals surface area (Å²) in [5.41, 5.74) is 0. The maximum Gasteiger partial charge on any atom is 0.407 e. The molecule has 0 aromatic rings. The molecule has 0 radical (unpaired) electrons. The first-order valence-corrected chi connectivity index (χ1v) is 7.45. The van der Waals surface area contributed by atoms with Crippen LogP contribution in [0.15, 0.2) is 12.7 Å². The third-order valence-electron chi connectivity index (χ3n) is 3.56. The van der Waals surface area contributed by atoms with Crippen LogP contribution in [0.2, 0.25) is 0 Å². The molecule has 2 atom stereocenters. The fraction of sp³-hybridized carbons (Fsp3) is 0.667. The van der Waals surface area contributed by atoms with E-state index in [0.717, 1.165) is 6.42 Å². The molecule has 1 heterocycles. The monoisotopic (exact) mass is 328 g/mol. The topological polar surface area (TPSA) is 94.2 Å². The second-order valence-corrected chi connectivity index (χ2v) is 5.10. The summed E-state index contributed by atoms with van der Waals surface area (Å²) in [5.74, 6) is -0.882. The molecule has 8 heteroatoms. The molecular formula is C15H24N2O6. The van der Waals surface area contributed by atoms with Gasteiger partial charge in [-0.05, 0) is 12.8 Å². The first kappa shape index (κ1) is 19.0. The lowest BCUT2D eigenvalue weighted by atomic mass is 10.2. The average molecular weight is 328 g/mol. The van der Waals surface area contributed by atoms with Crippen LogP contribution in [-0.4, -0.2) is 68.9 Å². The zero-order valence-electron chi connectivity index (χ0n) is 13.6. The fourth-order valence-electron chi connectivity index (χ4n) is 2.30. The highest BCUT2D eigenvalue weighted by Gasteiger charge is 2.40. The number of hydrogen-bond acceptors (Lipinski definition) is 6. The van der Waals surface area contributed by atoms with Gasteiger partial charge in [0.1, 0.15) is 12.6 Å². The summed E-state index contributed by atoms with van der Waals surface area (Å²) in [5, 5.41) is 2.38. The van der Waals surface area contributed by atoms with Gasteiger partial charge < -0.3 is 24.4 Å². The molecule has 0 unspecified atom stereocenters. The Kier molecular flexibility index (Phi) is 8.10. The smallest absolute Gasteiger partial charge is 0.407 e. The third-order valence-corrected chi connectivity index (χ3v) is 3.56. The van der Waals surface area contributed by atoms with E-state index in [4.69, 9.17) is 14.2 Å². The van der Waals surface area contributed by atoms with Crippen LogP contribution in [0, 0.1) is 0 Å². The van der Waals surface area contributed by atoms with Gasteiger partial charge in [-0.25, -0.2) is 9.59 Å². The maximum absolute atomic E-state index is 12.2. The average Bonchev–Trinajstić information content (AvgIpc) is 3.00. The molecule has 2 amide bonds. The number of rotatable bonds is 8. The summed E-state index contributed by atoms with van der Waals surface area (Å²) in [7, 11) is 2.79. The number of hydrogen-bond donors (Lipinski definition) is 1. The van der Waals surface area contributed by atoms with Crippen molar-refractivity contribution in [3.05, 3.63) is 12.7 Å². The van der Waals surface area contributed by atoms with Crippen LogP contribution in [-0.2, 0) is 23.8 Å². The van der Waals surface area contributed by atoms with Crippen molar-refractivity contribution in [2.45, 2.75) is 31.4 Å². The number of methoxy groups -OCH3 is 2. The van der Waals surface area contributed by atoms with E-state index in [1.165, 1.54) is 19.1 Å². The molecule has 8 nitrogen and oxygen atoms in total. The molecule has 0 saturated carbocycles. The van der Waals surface area contributed by atoms with Crippen LogP contribution in [0.25, 0.3) is 0 Å². The van der Waals surface area contributed by atoms with Gasteiger partial charge in [-0.1, -0.05) is 6.08 Å². The number of alkyl carbamates (subject to hydrolysis) is 1. The Morgan fingerprint density at radius 1 is 1.35 bits per heavy atom. The largest absolute Gasteiger partial charge is 0.467 e. The van der Waals surface area contributed by atoms with E-state index in [1.807, 2.05) is 0 Å². The number of amides is 2. The molecule has 1 fully saturated rings. The normalized spacial score (nSPS) is 20.0. The van der Waals surface area contributed by atoms with Crippen molar-refractivity contribution in [1.82, 2.24) is 10.2 Å². The second kappa shape index (κ2) is 9.83. The summed E-state index contributed by atoms with van der Waals surface area (Å²) >= 11 is 0. The van der Waals surface area contributed by atoms with E-state index in [9.17, 15) is 14.4 Å². The Bertz CT molecular complexity index is 440. The van der Waals surface area contributed by atoms with Crippen LogP contribution in [0.3, 0.4) is 0 Å². The zero-order chi connectivity index (χ0) is 17.2. The summed E-state index contributed by atoms with van der Waals surface area (Å²) in [6.45, 7) is 3.86. The highest BCUT2D eigenvalue weighted by Crippen LogP contribution is 2.21. The van der Waals surface area contributed by atoms with Crippen molar-refractivity contribution >= 4 is 18.0 Å². The van der Waals surface area contributed by atoms with Crippen molar-refractivity contribution in [2.24, 2.45) is 0 Å². The second-order valence-electron chi connectivity index (χ2n) is 5.10. The van der Waals surface area contributed by atoms with E-state index in [-0.39, 0.29) is 31.7 Å². The fourth-order valence-corrected chi connectivity index (χ4v) is 2.30. The Morgan fingerprint density at radius 2 is 2.09 bits per heavy atom. The number of nitrogens with one attached hydrogen (secondary N) is 1. The predicted octanol–water partition coefficient (Wildman–Crippen LogP) is 0.468. The lowest BCUT2D eigenvalue weighted by Gasteiger charge is -2.22. The highest BCUT2D eigenvalue weighted by molar-refractivity contribution is 5.88.